The standard InChI is InChI=1S/C21H24N2O4S2/c1-4-26-19(24)16-12(3)17(20(25)27-5-2)29-18(16)23-21(28)22-15-10-9-13-7-6-8-14(13)11-15/h9-11H,4-8H2,1-3H3,(H2,22,23,28). The monoisotopic (exact) mass is 432 g/mol. The number of benzene rings is 1. The van der Waals surface area contributed by atoms with Crippen LogP contribution in [-0.2, 0) is 22.3 Å². The molecule has 3 rings (SSSR count). The lowest BCUT2D eigenvalue weighted by atomic mass is 10.1. The molecule has 0 bridgehead atoms. The number of fused-ring (bicyclic) bond motifs is 1. The number of anilines is 2. The molecule has 2 N–H and O–H groups in total. The topological polar surface area (TPSA) is 76.7 Å². The number of aryl methyl sites for hydroxylation is 2. The summed E-state index contributed by atoms with van der Waals surface area (Å²) < 4.78 is 10.3. The third-order valence-electron chi connectivity index (χ3n) is 4.67. The van der Waals surface area contributed by atoms with Gasteiger partial charge < -0.3 is 20.1 Å². The second kappa shape index (κ2) is 9.37. The van der Waals surface area contributed by atoms with Crippen molar-refractivity contribution in [1.29, 1.82) is 0 Å². The Morgan fingerprint density at radius 2 is 1.76 bits per heavy atom. The molecule has 0 amide bonds. The van der Waals surface area contributed by atoms with Crippen LogP contribution < -0.4 is 10.6 Å². The minimum Gasteiger partial charge on any atom is -0.462 e. The average molecular weight is 433 g/mol. The van der Waals surface area contributed by atoms with Crippen molar-refractivity contribution < 1.29 is 19.1 Å². The predicted octanol–water partition coefficient (Wildman–Crippen LogP) is 4.71. The molecule has 0 spiro atoms. The quantitative estimate of drug-likeness (QED) is 0.506. The highest BCUT2D eigenvalue weighted by atomic mass is 32.1. The number of esters is 2. The van der Waals surface area contributed by atoms with Gasteiger partial charge in [0.1, 0.15) is 9.88 Å². The van der Waals surface area contributed by atoms with Crippen LogP contribution in [0.5, 0.6) is 0 Å². The molecule has 1 aromatic heterocycles. The summed E-state index contributed by atoms with van der Waals surface area (Å²) in [5.74, 6) is -0.967. The van der Waals surface area contributed by atoms with Gasteiger partial charge in [0.2, 0.25) is 0 Å². The molecule has 0 saturated carbocycles. The highest BCUT2D eigenvalue weighted by molar-refractivity contribution is 7.80. The van der Waals surface area contributed by atoms with Crippen LogP contribution in [0.25, 0.3) is 0 Å². The summed E-state index contributed by atoms with van der Waals surface area (Å²) in [6.07, 6.45) is 3.37. The fraction of sp³-hybridized carbons (Fsp3) is 0.381. The number of carbonyl (C=O) groups excluding carboxylic acids is 2. The van der Waals surface area contributed by atoms with Crippen LogP contribution in [0.4, 0.5) is 10.7 Å². The number of thiophene rings is 1. The normalized spacial score (nSPS) is 12.2. The zero-order valence-electron chi connectivity index (χ0n) is 16.7. The molecule has 0 unspecified atom stereocenters. The number of hydrogen-bond donors (Lipinski definition) is 2. The van der Waals surface area contributed by atoms with E-state index in [0.717, 1.165) is 29.9 Å². The van der Waals surface area contributed by atoms with Crippen LogP contribution in [0.2, 0.25) is 0 Å². The maximum absolute atomic E-state index is 12.5. The van der Waals surface area contributed by atoms with Gasteiger partial charge in [0.15, 0.2) is 5.11 Å². The van der Waals surface area contributed by atoms with Gasteiger partial charge in [-0.25, -0.2) is 9.59 Å². The van der Waals surface area contributed by atoms with E-state index in [-0.39, 0.29) is 13.2 Å². The van der Waals surface area contributed by atoms with E-state index in [1.807, 2.05) is 6.07 Å². The fourth-order valence-electron chi connectivity index (χ4n) is 3.36. The summed E-state index contributed by atoms with van der Waals surface area (Å²) in [7, 11) is 0. The van der Waals surface area contributed by atoms with Crippen molar-refractivity contribution in [3.63, 3.8) is 0 Å². The molecule has 1 aliphatic carbocycles. The van der Waals surface area contributed by atoms with E-state index in [2.05, 4.69) is 22.8 Å². The third kappa shape index (κ3) is 4.76. The van der Waals surface area contributed by atoms with Crippen molar-refractivity contribution in [2.75, 3.05) is 23.8 Å². The SMILES string of the molecule is CCOC(=O)c1sc(NC(=S)Nc2ccc3c(c2)CCC3)c(C(=O)OCC)c1C. The maximum atomic E-state index is 12.5. The zero-order chi connectivity index (χ0) is 21.0. The maximum Gasteiger partial charge on any atom is 0.348 e. The Bertz CT molecular complexity index is 952. The van der Waals surface area contributed by atoms with E-state index >= 15 is 0 Å². The summed E-state index contributed by atoms with van der Waals surface area (Å²) in [6.45, 7) is 5.67. The molecule has 29 heavy (non-hydrogen) atoms. The number of carbonyl (C=O) groups is 2. The molecule has 0 atom stereocenters. The number of hydrogen-bond acceptors (Lipinski definition) is 6. The van der Waals surface area contributed by atoms with E-state index in [9.17, 15) is 9.59 Å². The summed E-state index contributed by atoms with van der Waals surface area (Å²) in [5, 5.41) is 7.01. The van der Waals surface area contributed by atoms with Crippen LogP contribution in [0.3, 0.4) is 0 Å². The molecular weight excluding hydrogens is 408 g/mol. The Hall–Kier alpha value is -2.45. The summed E-state index contributed by atoms with van der Waals surface area (Å²) in [6, 6.07) is 6.21. The van der Waals surface area contributed by atoms with Crippen molar-refractivity contribution in [2.45, 2.75) is 40.0 Å². The number of nitrogens with one attached hydrogen (secondary N) is 2. The molecule has 0 radical (unpaired) electrons. The van der Waals surface area contributed by atoms with Crippen LogP contribution in [0, 0.1) is 6.92 Å². The second-order valence-corrected chi connectivity index (χ2v) is 8.05. The Labute approximate surface area is 179 Å². The molecule has 8 heteroatoms. The summed E-state index contributed by atoms with van der Waals surface area (Å²) in [5.41, 5.74) is 4.43. The smallest absolute Gasteiger partial charge is 0.348 e. The Kier molecular flexibility index (Phi) is 6.87. The molecule has 1 aliphatic rings. The van der Waals surface area contributed by atoms with Gasteiger partial charge >= 0.3 is 11.9 Å². The van der Waals surface area contributed by atoms with Crippen molar-refractivity contribution >= 4 is 51.3 Å². The Morgan fingerprint density at radius 1 is 1.07 bits per heavy atom. The molecule has 0 saturated heterocycles. The molecule has 1 heterocycles. The Balaban J connectivity index is 1.82. The first-order chi connectivity index (χ1) is 13.9. The van der Waals surface area contributed by atoms with Crippen LogP contribution in [0.15, 0.2) is 18.2 Å². The van der Waals surface area contributed by atoms with E-state index in [1.165, 1.54) is 17.5 Å². The van der Waals surface area contributed by atoms with Gasteiger partial charge in [0.05, 0.1) is 18.8 Å². The summed E-state index contributed by atoms with van der Waals surface area (Å²) >= 11 is 6.58. The predicted molar refractivity (Wildman–Crippen MR) is 119 cm³/mol. The van der Waals surface area contributed by atoms with Gasteiger partial charge in [-0.3, -0.25) is 0 Å². The van der Waals surface area contributed by atoms with Gasteiger partial charge in [-0.15, -0.1) is 11.3 Å². The number of rotatable bonds is 6. The van der Waals surface area contributed by atoms with Crippen molar-refractivity contribution in [2.24, 2.45) is 0 Å². The number of ether oxygens (including phenoxy) is 2. The van der Waals surface area contributed by atoms with E-state index in [4.69, 9.17) is 21.7 Å². The first-order valence-corrected chi connectivity index (χ1v) is 10.8. The van der Waals surface area contributed by atoms with Gasteiger partial charge in [-0.1, -0.05) is 6.07 Å². The summed E-state index contributed by atoms with van der Waals surface area (Å²) in [4.78, 5) is 25.1. The molecule has 0 fully saturated rings. The van der Waals surface area contributed by atoms with Crippen LogP contribution >= 0.6 is 23.6 Å². The van der Waals surface area contributed by atoms with Gasteiger partial charge in [-0.2, -0.15) is 0 Å². The fourth-order valence-corrected chi connectivity index (χ4v) is 4.73. The van der Waals surface area contributed by atoms with Crippen LogP contribution in [-0.4, -0.2) is 30.3 Å². The highest BCUT2D eigenvalue weighted by Crippen LogP contribution is 2.34. The lowest BCUT2D eigenvalue weighted by Crippen LogP contribution is -2.20. The first kappa shape index (κ1) is 21.3. The van der Waals surface area contributed by atoms with E-state index in [1.54, 1.807) is 20.8 Å². The Morgan fingerprint density at radius 3 is 2.48 bits per heavy atom. The van der Waals surface area contributed by atoms with E-state index in [0.29, 0.717) is 26.1 Å². The second-order valence-electron chi connectivity index (χ2n) is 6.62. The molecule has 6 nitrogen and oxygen atoms in total. The van der Waals surface area contributed by atoms with Gasteiger partial charge in [0.25, 0.3) is 0 Å². The van der Waals surface area contributed by atoms with Crippen molar-refractivity contribution in [1.82, 2.24) is 0 Å². The van der Waals surface area contributed by atoms with Gasteiger partial charge in [-0.05, 0) is 81.1 Å². The molecule has 1 aromatic carbocycles. The largest absolute Gasteiger partial charge is 0.462 e. The molecule has 2 aromatic rings. The lowest BCUT2D eigenvalue weighted by molar-refractivity contribution is 0.0527. The zero-order valence-corrected chi connectivity index (χ0v) is 18.4. The average Bonchev–Trinajstić information content (AvgIpc) is 3.26. The highest BCUT2D eigenvalue weighted by Gasteiger charge is 2.27. The lowest BCUT2D eigenvalue weighted by Gasteiger charge is -2.12. The molecule has 154 valence electrons. The van der Waals surface area contributed by atoms with Crippen molar-refractivity contribution in [3.8, 4) is 0 Å². The van der Waals surface area contributed by atoms with E-state index < -0.39 is 11.9 Å². The molecular formula is C21H24N2O4S2. The minimum absolute atomic E-state index is 0.236. The minimum atomic E-state index is -0.500. The molecule has 0 aliphatic heterocycles. The van der Waals surface area contributed by atoms with Gasteiger partial charge in [0, 0.05) is 5.69 Å². The first-order valence-electron chi connectivity index (χ1n) is 9.62. The number of thiocarbonyl (C=S) groups is 1. The third-order valence-corrected chi connectivity index (χ3v) is 6.06. The van der Waals surface area contributed by atoms with Crippen molar-refractivity contribution in [3.05, 3.63) is 45.3 Å². The van der Waals surface area contributed by atoms with Crippen LogP contribution in [0.1, 0.15) is 57.0 Å².